The highest BCUT2D eigenvalue weighted by Crippen LogP contribution is 2.29. The molecule has 0 atom stereocenters. The number of nitrogens with one attached hydrogen (secondary N) is 2. The number of hydrogen-bond donors (Lipinski definition) is 2. The number of anilines is 2. The molecular weight excluding hydrogens is 488 g/mol. The van der Waals surface area contributed by atoms with Crippen molar-refractivity contribution in [1.29, 1.82) is 0 Å². The highest BCUT2D eigenvalue weighted by Gasteiger charge is 2.22. The van der Waals surface area contributed by atoms with Gasteiger partial charge in [-0.2, -0.15) is 5.10 Å². The number of non-ortho nitro benzene ring substituents is 1. The summed E-state index contributed by atoms with van der Waals surface area (Å²) in [5.41, 5.74) is 3.40. The summed E-state index contributed by atoms with van der Waals surface area (Å²) in [6.45, 7) is 0. The van der Waals surface area contributed by atoms with E-state index in [2.05, 4.69) is 31.2 Å². The number of nitro groups is 1. The maximum atomic E-state index is 13.0. The minimum atomic E-state index is -4.16. The monoisotopic (exact) mass is 504 g/mol. The van der Waals surface area contributed by atoms with Crippen molar-refractivity contribution in [2.75, 3.05) is 17.3 Å². The zero-order valence-corrected chi connectivity index (χ0v) is 18.6. The van der Waals surface area contributed by atoms with Crippen molar-refractivity contribution in [3.05, 3.63) is 86.9 Å². The van der Waals surface area contributed by atoms with Gasteiger partial charge in [-0.25, -0.2) is 8.42 Å². The molecule has 0 saturated carbocycles. The van der Waals surface area contributed by atoms with Crippen molar-refractivity contribution < 1.29 is 18.1 Å². The molecule has 0 aromatic heterocycles. The molecule has 0 bridgehead atoms. The molecule has 9 nitrogen and oxygen atoms in total. The van der Waals surface area contributed by atoms with Crippen molar-refractivity contribution >= 4 is 49.2 Å². The van der Waals surface area contributed by atoms with Crippen LogP contribution in [0.25, 0.3) is 0 Å². The van der Waals surface area contributed by atoms with Crippen LogP contribution in [0.1, 0.15) is 5.56 Å². The van der Waals surface area contributed by atoms with Gasteiger partial charge in [0, 0.05) is 27.9 Å². The summed E-state index contributed by atoms with van der Waals surface area (Å²) in [5.74, 6) is 0.557. The molecule has 0 aliphatic rings. The van der Waals surface area contributed by atoms with E-state index in [0.717, 1.165) is 16.1 Å². The number of methoxy groups -OCH3 is 1. The maximum absolute atomic E-state index is 13.0. The molecule has 11 heteroatoms. The second-order valence-corrected chi connectivity index (χ2v) is 8.67. The summed E-state index contributed by atoms with van der Waals surface area (Å²) < 4.78 is 34.2. The number of halogens is 1. The first-order chi connectivity index (χ1) is 14.8. The third-order valence-corrected chi connectivity index (χ3v) is 6.25. The molecule has 0 amide bonds. The second kappa shape index (κ2) is 9.58. The van der Waals surface area contributed by atoms with E-state index < -0.39 is 14.9 Å². The number of hydrazone groups is 1. The van der Waals surface area contributed by atoms with Crippen LogP contribution in [-0.2, 0) is 10.0 Å². The first kappa shape index (κ1) is 22.2. The van der Waals surface area contributed by atoms with Gasteiger partial charge in [0.1, 0.15) is 10.6 Å². The Morgan fingerprint density at radius 3 is 2.45 bits per heavy atom. The zero-order chi connectivity index (χ0) is 22.4. The Balaban J connectivity index is 1.93. The minimum absolute atomic E-state index is 0.0786. The third kappa shape index (κ3) is 5.58. The summed E-state index contributed by atoms with van der Waals surface area (Å²) in [6, 6.07) is 17.0. The van der Waals surface area contributed by atoms with E-state index in [1.807, 2.05) is 24.3 Å². The van der Waals surface area contributed by atoms with Crippen molar-refractivity contribution in [3.63, 3.8) is 0 Å². The number of nitrogens with zero attached hydrogens (tertiary/aromatic N) is 2. The topological polar surface area (TPSA) is 123 Å². The number of hydrogen-bond acceptors (Lipinski definition) is 7. The van der Waals surface area contributed by atoms with E-state index in [0.29, 0.717) is 5.75 Å². The molecular formula is C20H17BrN4O5S. The van der Waals surface area contributed by atoms with E-state index in [4.69, 9.17) is 4.74 Å². The van der Waals surface area contributed by atoms with Crippen LogP contribution in [0.3, 0.4) is 0 Å². The molecule has 3 aromatic carbocycles. The maximum Gasteiger partial charge on any atom is 0.270 e. The van der Waals surface area contributed by atoms with Crippen molar-refractivity contribution in [3.8, 4) is 5.75 Å². The summed E-state index contributed by atoms with van der Waals surface area (Å²) in [6.07, 6.45) is 1.50. The Morgan fingerprint density at radius 1 is 1.10 bits per heavy atom. The average molecular weight is 505 g/mol. The van der Waals surface area contributed by atoms with E-state index in [9.17, 15) is 18.5 Å². The molecule has 31 heavy (non-hydrogen) atoms. The molecule has 3 rings (SSSR count). The van der Waals surface area contributed by atoms with Gasteiger partial charge in [0.05, 0.1) is 23.9 Å². The van der Waals surface area contributed by atoms with Gasteiger partial charge in [0.25, 0.3) is 15.7 Å². The van der Waals surface area contributed by atoms with Crippen LogP contribution in [0.5, 0.6) is 5.75 Å². The Kier molecular flexibility index (Phi) is 6.88. The molecule has 0 spiro atoms. The Morgan fingerprint density at radius 2 is 1.81 bits per heavy atom. The smallest absolute Gasteiger partial charge is 0.270 e. The van der Waals surface area contributed by atoms with Gasteiger partial charge < -0.3 is 4.74 Å². The van der Waals surface area contributed by atoms with Gasteiger partial charge in [-0.15, -0.1) is 0 Å². The van der Waals surface area contributed by atoms with Crippen LogP contribution >= 0.6 is 15.9 Å². The van der Waals surface area contributed by atoms with Crippen LogP contribution in [0, 0.1) is 10.1 Å². The molecule has 160 valence electrons. The first-order valence-corrected chi connectivity index (χ1v) is 11.1. The van der Waals surface area contributed by atoms with Gasteiger partial charge in [0.15, 0.2) is 0 Å². The van der Waals surface area contributed by atoms with Crippen LogP contribution in [0.4, 0.5) is 17.1 Å². The lowest BCUT2D eigenvalue weighted by Crippen LogP contribution is -2.15. The van der Waals surface area contributed by atoms with E-state index in [1.165, 1.54) is 37.6 Å². The van der Waals surface area contributed by atoms with Crippen LogP contribution in [0.15, 0.2) is 81.2 Å². The number of rotatable bonds is 8. The summed E-state index contributed by atoms with van der Waals surface area (Å²) in [4.78, 5) is 10.2. The number of ether oxygens (including phenoxy) is 1. The number of benzene rings is 3. The molecule has 0 fully saturated rings. The summed E-state index contributed by atoms with van der Waals surface area (Å²) in [7, 11) is -2.67. The normalized spacial score (nSPS) is 11.3. The Hall–Kier alpha value is -3.44. The molecule has 3 aromatic rings. The van der Waals surface area contributed by atoms with Crippen LogP contribution in [0.2, 0.25) is 0 Å². The Bertz CT molecular complexity index is 1230. The Labute approximate surface area is 187 Å². The molecule has 2 N–H and O–H groups in total. The van der Waals surface area contributed by atoms with Gasteiger partial charge in [0.2, 0.25) is 0 Å². The lowest BCUT2D eigenvalue weighted by Gasteiger charge is -2.12. The van der Waals surface area contributed by atoms with Gasteiger partial charge >= 0.3 is 0 Å². The molecule has 0 unspecified atom stereocenters. The fourth-order valence-corrected chi connectivity index (χ4v) is 4.18. The zero-order valence-electron chi connectivity index (χ0n) is 16.2. The number of nitro benzene ring substituents is 1. The summed E-state index contributed by atoms with van der Waals surface area (Å²) in [5, 5.41) is 15.2. The first-order valence-electron chi connectivity index (χ1n) is 8.79. The lowest BCUT2D eigenvalue weighted by atomic mass is 10.2. The van der Waals surface area contributed by atoms with Crippen molar-refractivity contribution in [1.82, 2.24) is 0 Å². The predicted octanol–water partition coefficient (Wildman–Crippen LogP) is 4.61. The third-order valence-electron chi connectivity index (χ3n) is 4.10. The average Bonchev–Trinajstić information content (AvgIpc) is 2.75. The van der Waals surface area contributed by atoms with E-state index in [-0.39, 0.29) is 22.0 Å². The quantitative estimate of drug-likeness (QED) is 0.262. The van der Waals surface area contributed by atoms with Gasteiger partial charge in [-0.3, -0.25) is 20.3 Å². The molecule has 0 saturated heterocycles. The van der Waals surface area contributed by atoms with E-state index >= 15 is 0 Å². The lowest BCUT2D eigenvalue weighted by molar-refractivity contribution is -0.385. The van der Waals surface area contributed by atoms with Crippen molar-refractivity contribution in [2.45, 2.75) is 4.90 Å². The summed E-state index contributed by atoms with van der Waals surface area (Å²) >= 11 is 3.39. The van der Waals surface area contributed by atoms with Crippen LogP contribution in [-0.4, -0.2) is 26.7 Å². The van der Waals surface area contributed by atoms with Crippen molar-refractivity contribution in [2.24, 2.45) is 5.10 Å². The highest BCUT2D eigenvalue weighted by molar-refractivity contribution is 9.10. The minimum Gasteiger partial charge on any atom is -0.497 e. The standard InChI is InChI=1S/C20H17BrN4O5S/c1-30-17-9-6-15(7-10-17)24-31(28,29)20-12-16(25(26)27)8-11-19(20)23-22-13-14-4-2-3-5-18(14)21/h2-13,23-24H,1H3. The molecule has 0 aliphatic carbocycles. The molecule has 0 radical (unpaired) electrons. The van der Waals surface area contributed by atoms with E-state index in [1.54, 1.807) is 12.1 Å². The fraction of sp³-hybridized carbons (Fsp3) is 0.0500. The fourth-order valence-electron chi connectivity index (χ4n) is 2.56. The predicted molar refractivity (Wildman–Crippen MR) is 122 cm³/mol. The van der Waals surface area contributed by atoms with Gasteiger partial charge in [-0.05, 0) is 36.4 Å². The SMILES string of the molecule is COc1ccc(NS(=O)(=O)c2cc([N+](=O)[O-])ccc2NN=Cc2ccccc2Br)cc1. The largest absolute Gasteiger partial charge is 0.497 e. The molecule has 0 heterocycles. The molecule has 0 aliphatic heterocycles. The second-order valence-electron chi connectivity index (χ2n) is 6.16. The van der Waals surface area contributed by atoms with Gasteiger partial charge in [-0.1, -0.05) is 34.1 Å². The highest BCUT2D eigenvalue weighted by atomic mass is 79.9. The van der Waals surface area contributed by atoms with Crippen LogP contribution < -0.4 is 14.9 Å². The number of sulfonamides is 1.